The largest absolute Gasteiger partial charge is 0.349 e. The van der Waals surface area contributed by atoms with Crippen molar-refractivity contribution in [1.29, 1.82) is 5.41 Å². The lowest BCUT2D eigenvalue weighted by atomic mass is 10.1. The summed E-state index contributed by atoms with van der Waals surface area (Å²) in [6, 6.07) is 8.94. The van der Waals surface area contributed by atoms with Crippen molar-refractivity contribution >= 4 is 5.84 Å². The molecule has 0 spiro atoms. The molecule has 1 heterocycles. The van der Waals surface area contributed by atoms with Crippen molar-refractivity contribution in [2.75, 3.05) is 0 Å². The second kappa shape index (κ2) is 4.17. The van der Waals surface area contributed by atoms with E-state index < -0.39 is 0 Å². The molecule has 3 rings (SSSR count). The topological polar surface area (TPSA) is 27.1 Å². The minimum Gasteiger partial charge on any atom is -0.349 e. The second-order valence-electron chi connectivity index (χ2n) is 5.37. The summed E-state index contributed by atoms with van der Waals surface area (Å²) >= 11 is 0. The number of nitrogens with one attached hydrogen (secondary N) is 1. The number of nitrogens with zero attached hydrogens (tertiary/aromatic N) is 1. The Hall–Kier alpha value is -1.31. The fourth-order valence-corrected chi connectivity index (χ4v) is 2.87. The summed E-state index contributed by atoms with van der Waals surface area (Å²) < 4.78 is 0. The maximum Gasteiger partial charge on any atom is 0.128 e. The van der Waals surface area contributed by atoms with Crippen molar-refractivity contribution in [3.05, 3.63) is 35.4 Å². The highest BCUT2D eigenvalue weighted by atomic mass is 15.2. The Morgan fingerprint density at radius 2 is 2.12 bits per heavy atom. The molecule has 1 unspecified atom stereocenters. The number of fused-ring (bicyclic) bond motifs is 1. The van der Waals surface area contributed by atoms with Crippen molar-refractivity contribution in [3.63, 3.8) is 0 Å². The molecular formula is C15H20N2. The maximum atomic E-state index is 8.31. The average Bonchev–Trinajstić information content (AvgIpc) is 3.12. The summed E-state index contributed by atoms with van der Waals surface area (Å²) in [5, 5.41) is 8.31. The lowest BCUT2D eigenvalue weighted by Gasteiger charge is -2.28. The minimum absolute atomic E-state index is 0.572. The Kier molecular flexibility index (Phi) is 2.65. The highest BCUT2D eigenvalue weighted by Crippen LogP contribution is 2.37. The molecule has 1 N–H and O–H groups in total. The van der Waals surface area contributed by atoms with E-state index in [0.717, 1.165) is 30.3 Å². The molecule has 2 aliphatic rings. The maximum absolute atomic E-state index is 8.31. The van der Waals surface area contributed by atoms with Crippen LogP contribution in [-0.4, -0.2) is 16.8 Å². The smallest absolute Gasteiger partial charge is 0.128 e. The van der Waals surface area contributed by atoms with Gasteiger partial charge in [-0.3, -0.25) is 5.41 Å². The van der Waals surface area contributed by atoms with E-state index in [9.17, 15) is 0 Å². The highest BCUT2D eigenvalue weighted by Gasteiger charge is 2.32. The van der Waals surface area contributed by atoms with Gasteiger partial charge >= 0.3 is 0 Å². The van der Waals surface area contributed by atoms with Gasteiger partial charge in [0.05, 0.1) is 0 Å². The molecule has 0 aromatic heterocycles. The van der Waals surface area contributed by atoms with Crippen LogP contribution in [0.3, 0.4) is 0 Å². The molecule has 1 atom stereocenters. The van der Waals surface area contributed by atoms with Crippen molar-refractivity contribution in [1.82, 2.24) is 4.90 Å². The Morgan fingerprint density at radius 1 is 1.35 bits per heavy atom. The standard InChI is InChI=1S/C15H20N2/c1-2-13(9-11-7-8-11)17-10-12-5-3-4-6-14(12)15(17)16/h3-6,11,13,16H,2,7-10H2,1H3. The Labute approximate surface area is 103 Å². The monoisotopic (exact) mass is 228 g/mol. The number of hydrogen-bond donors (Lipinski definition) is 1. The first-order valence-electron chi connectivity index (χ1n) is 6.73. The summed E-state index contributed by atoms with van der Waals surface area (Å²) in [4.78, 5) is 2.31. The SMILES string of the molecule is CCC(CC1CC1)N1Cc2ccccc2C1=N. The van der Waals surface area contributed by atoms with Gasteiger partial charge in [-0.25, -0.2) is 0 Å². The molecule has 1 aliphatic carbocycles. The van der Waals surface area contributed by atoms with Crippen molar-refractivity contribution < 1.29 is 0 Å². The molecule has 17 heavy (non-hydrogen) atoms. The second-order valence-corrected chi connectivity index (χ2v) is 5.37. The third kappa shape index (κ3) is 1.97. The van der Waals surface area contributed by atoms with Crippen molar-refractivity contribution in [3.8, 4) is 0 Å². The number of amidine groups is 1. The quantitative estimate of drug-likeness (QED) is 0.840. The third-order valence-electron chi connectivity index (χ3n) is 4.11. The van der Waals surface area contributed by atoms with E-state index in [4.69, 9.17) is 5.41 Å². The molecule has 0 saturated heterocycles. The van der Waals surface area contributed by atoms with E-state index in [1.54, 1.807) is 0 Å². The van der Waals surface area contributed by atoms with Gasteiger partial charge in [0.25, 0.3) is 0 Å². The van der Waals surface area contributed by atoms with Gasteiger partial charge in [0.2, 0.25) is 0 Å². The van der Waals surface area contributed by atoms with Crippen molar-refractivity contribution in [2.45, 2.75) is 45.2 Å². The summed E-state index contributed by atoms with van der Waals surface area (Å²) in [7, 11) is 0. The van der Waals surface area contributed by atoms with E-state index in [2.05, 4.69) is 30.0 Å². The number of benzene rings is 1. The molecule has 0 amide bonds. The van der Waals surface area contributed by atoms with Crippen LogP contribution in [-0.2, 0) is 6.54 Å². The van der Waals surface area contributed by atoms with Crippen LogP contribution in [0.2, 0.25) is 0 Å². The van der Waals surface area contributed by atoms with Crippen molar-refractivity contribution in [2.24, 2.45) is 5.92 Å². The van der Waals surface area contributed by atoms with Crippen LogP contribution in [0.1, 0.15) is 43.7 Å². The van der Waals surface area contributed by atoms with Gasteiger partial charge in [-0.2, -0.15) is 0 Å². The summed E-state index contributed by atoms with van der Waals surface area (Å²) in [6.45, 7) is 3.20. The van der Waals surface area contributed by atoms with Gasteiger partial charge in [-0.15, -0.1) is 0 Å². The van der Waals surface area contributed by atoms with E-state index in [0.29, 0.717) is 6.04 Å². The normalized spacial score (nSPS) is 20.5. The molecule has 0 radical (unpaired) electrons. The van der Waals surface area contributed by atoms with E-state index >= 15 is 0 Å². The fourth-order valence-electron chi connectivity index (χ4n) is 2.87. The fraction of sp³-hybridized carbons (Fsp3) is 0.533. The molecule has 1 fully saturated rings. The van der Waals surface area contributed by atoms with Crippen LogP contribution in [0, 0.1) is 11.3 Å². The van der Waals surface area contributed by atoms with Crippen LogP contribution in [0.15, 0.2) is 24.3 Å². The highest BCUT2D eigenvalue weighted by molar-refractivity contribution is 6.00. The molecular weight excluding hydrogens is 208 g/mol. The Balaban J connectivity index is 1.79. The molecule has 2 heteroatoms. The van der Waals surface area contributed by atoms with E-state index in [1.807, 2.05) is 6.07 Å². The van der Waals surface area contributed by atoms with Crippen LogP contribution in [0.5, 0.6) is 0 Å². The number of rotatable bonds is 4. The minimum atomic E-state index is 0.572. The number of hydrogen-bond acceptors (Lipinski definition) is 1. The van der Waals surface area contributed by atoms with Crippen LogP contribution in [0.25, 0.3) is 0 Å². The first-order valence-corrected chi connectivity index (χ1v) is 6.73. The van der Waals surface area contributed by atoms with Gasteiger partial charge in [-0.05, 0) is 24.3 Å². The van der Waals surface area contributed by atoms with E-state index in [1.165, 1.54) is 24.8 Å². The predicted molar refractivity (Wildman–Crippen MR) is 70.2 cm³/mol. The molecule has 1 aromatic carbocycles. The molecule has 1 aromatic rings. The lowest BCUT2D eigenvalue weighted by molar-refractivity contribution is 0.279. The van der Waals surface area contributed by atoms with Gasteiger partial charge in [0, 0.05) is 18.2 Å². The van der Waals surface area contributed by atoms with Gasteiger partial charge in [-0.1, -0.05) is 44.0 Å². The zero-order valence-electron chi connectivity index (χ0n) is 10.4. The first kappa shape index (κ1) is 10.8. The molecule has 0 bridgehead atoms. The average molecular weight is 228 g/mol. The molecule has 1 aliphatic heterocycles. The zero-order valence-corrected chi connectivity index (χ0v) is 10.4. The first-order chi connectivity index (χ1) is 8.29. The lowest BCUT2D eigenvalue weighted by Crippen LogP contribution is -2.35. The van der Waals surface area contributed by atoms with E-state index in [-0.39, 0.29) is 0 Å². The summed E-state index contributed by atoms with van der Waals surface area (Å²) in [6.07, 6.45) is 5.26. The van der Waals surface area contributed by atoms with Gasteiger partial charge in [0.1, 0.15) is 5.84 Å². The molecule has 90 valence electrons. The molecule has 1 saturated carbocycles. The van der Waals surface area contributed by atoms with Crippen LogP contribution in [0.4, 0.5) is 0 Å². The van der Waals surface area contributed by atoms with Gasteiger partial charge < -0.3 is 4.90 Å². The summed E-state index contributed by atoms with van der Waals surface area (Å²) in [5.74, 6) is 1.68. The summed E-state index contributed by atoms with van der Waals surface area (Å²) in [5.41, 5.74) is 2.47. The third-order valence-corrected chi connectivity index (χ3v) is 4.11. The van der Waals surface area contributed by atoms with Gasteiger partial charge in [0.15, 0.2) is 0 Å². The van der Waals surface area contributed by atoms with Crippen LogP contribution >= 0.6 is 0 Å². The zero-order chi connectivity index (χ0) is 11.8. The molecule has 2 nitrogen and oxygen atoms in total. The Bertz CT molecular complexity index is 434. The Morgan fingerprint density at radius 3 is 2.76 bits per heavy atom. The van der Waals surface area contributed by atoms with Crippen LogP contribution < -0.4 is 0 Å². The predicted octanol–water partition coefficient (Wildman–Crippen LogP) is 3.41.